The molecule has 0 atom stereocenters. The van der Waals surface area contributed by atoms with Gasteiger partial charge in [-0.1, -0.05) is 36.4 Å². The minimum absolute atomic E-state index is 0.260. The number of hydrogen-bond acceptors (Lipinski definition) is 6. The molecule has 0 saturated carbocycles. The van der Waals surface area contributed by atoms with E-state index in [0.29, 0.717) is 13.1 Å². The minimum Gasteiger partial charge on any atom is -0.454 e. The van der Waals surface area contributed by atoms with Crippen LogP contribution in [0.15, 0.2) is 72.8 Å². The lowest BCUT2D eigenvalue weighted by Gasteiger charge is -2.16. The molecule has 2 aliphatic rings. The Morgan fingerprint density at radius 1 is 0.471 bits per heavy atom. The van der Waals surface area contributed by atoms with Gasteiger partial charge in [-0.15, -0.1) is 0 Å². The lowest BCUT2D eigenvalue weighted by atomic mass is 9.90. The van der Waals surface area contributed by atoms with Crippen molar-refractivity contribution in [3.63, 3.8) is 0 Å². The zero-order valence-electron chi connectivity index (χ0n) is 18.5. The molecule has 4 aromatic carbocycles. The average molecular weight is 453 g/mol. The lowest BCUT2D eigenvalue weighted by Crippen LogP contribution is -2.04. The van der Waals surface area contributed by atoms with Gasteiger partial charge in [-0.2, -0.15) is 0 Å². The van der Waals surface area contributed by atoms with Crippen LogP contribution >= 0.6 is 0 Å². The van der Waals surface area contributed by atoms with Gasteiger partial charge in [0.2, 0.25) is 13.6 Å². The van der Waals surface area contributed by atoms with Gasteiger partial charge in [0.1, 0.15) is 0 Å². The molecule has 4 aromatic rings. The van der Waals surface area contributed by atoms with E-state index < -0.39 is 0 Å². The maximum Gasteiger partial charge on any atom is 0.231 e. The summed E-state index contributed by atoms with van der Waals surface area (Å²) in [6.45, 7) is 1.36. The third-order valence-electron chi connectivity index (χ3n) is 6.35. The monoisotopic (exact) mass is 452 g/mol. The summed E-state index contributed by atoms with van der Waals surface area (Å²) in [6.07, 6.45) is 0. The van der Waals surface area contributed by atoms with Crippen LogP contribution in [0.1, 0.15) is 11.1 Å². The molecular weight excluding hydrogens is 428 g/mol. The molecule has 34 heavy (non-hydrogen) atoms. The highest BCUT2D eigenvalue weighted by Gasteiger charge is 2.17. The smallest absolute Gasteiger partial charge is 0.231 e. The van der Waals surface area contributed by atoms with E-state index >= 15 is 0 Å². The van der Waals surface area contributed by atoms with E-state index in [1.54, 1.807) is 0 Å². The first-order valence-corrected chi connectivity index (χ1v) is 11.2. The number of benzene rings is 4. The Kier molecular flexibility index (Phi) is 5.09. The van der Waals surface area contributed by atoms with Crippen LogP contribution in [-0.4, -0.2) is 13.6 Å². The molecule has 2 heterocycles. The molecule has 0 bridgehead atoms. The van der Waals surface area contributed by atoms with E-state index in [-0.39, 0.29) is 13.6 Å². The van der Waals surface area contributed by atoms with E-state index in [4.69, 9.17) is 30.4 Å². The number of ether oxygens (including phenoxy) is 4. The fourth-order valence-electron chi connectivity index (χ4n) is 4.56. The molecule has 0 unspecified atom stereocenters. The Morgan fingerprint density at radius 3 is 1.29 bits per heavy atom. The Balaban J connectivity index is 1.37. The van der Waals surface area contributed by atoms with Crippen molar-refractivity contribution in [2.24, 2.45) is 11.5 Å². The van der Waals surface area contributed by atoms with Gasteiger partial charge in [-0.05, 0) is 80.9 Å². The first kappa shape index (κ1) is 20.6. The Morgan fingerprint density at radius 2 is 0.853 bits per heavy atom. The first-order valence-electron chi connectivity index (χ1n) is 11.2. The van der Waals surface area contributed by atoms with Crippen LogP contribution in [0.2, 0.25) is 0 Å². The van der Waals surface area contributed by atoms with Crippen molar-refractivity contribution in [2.45, 2.75) is 13.1 Å². The second kappa shape index (κ2) is 8.41. The first-order chi connectivity index (χ1) is 16.7. The molecule has 0 fully saturated rings. The molecule has 2 aliphatic heterocycles. The molecule has 170 valence electrons. The molecule has 0 aromatic heterocycles. The molecular formula is C28H24N2O4. The topological polar surface area (TPSA) is 89.0 Å². The average Bonchev–Trinajstić information content (AvgIpc) is 3.56. The van der Waals surface area contributed by atoms with Crippen LogP contribution in [0, 0.1) is 0 Å². The van der Waals surface area contributed by atoms with Gasteiger partial charge in [-0.25, -0.2) is 0 Å². The van der Waals surface area contributed by atoms with E-state index in [2.05, 4.69) is 36.4 Å². The standard InChI is InChI=1S/C28H24N2O4/c29-13-21-9-17(19-3-7-25-27(11-19)33-15-31-25)1-5-23(21)24-6-2-18(10-22(24)14-30)20-4-8-26-28(12-20)34-16-32-26/h1-12H,13-16,29-30H2. The third kappa shape index (κ3) is 3.53. The second-order valence-corrected chi connectivity index (χ2v) is 8.29. The molecule has 6 rings (SSSR count). The molecule has 0 spiro atoms. The second-order valence-electron chi connectivity index (χ2n) is 8.29. The summed E-state index contributed by atoms with van der Waals surface area (Å²) >= 11 is 0. The van der Waals surface area contributed by atoms with Crippen molar-refractivity contribution >= 4 is 0 Å². The molecule has 6 nitrogen and oxygen atoms in total. The highest BCUT2D eigenvalue weighted by Crippen LogP contribution is 2.39. The summed E-state index contributed by atoms with van der Waals surface area (Å²) in [5.74, 6) is 3.07. The number of rotatable bonds is 5. The SMILES string of the molecule is NCc1cc(-c2ccc3c(c2)OCO3)ccc1-c1ccc(-c2ccc3c(c2)OCO3)cc1CN. The molecule has 6 heteroatoms. The van der Waals surface area contributed by atoms with Gasteiger partial charge >= 0.3 is 0 Å². The summed E-state index contributed by atoms with van der Waals surface area (Å²) in [5.41, 5.74) is 20.9. The normalized spacial score (nSPS) is 13.4. The van der Waals surface area contributed by atoms with Crippen LogP contribution in [0.3, 0.4) is 0 Å². The van der Waals surface area contributed by atoms with E-state index in [9.17, 15) is 0 Å². The maximum atomic E-state index is 6.19. The fourth-order valence-corrected chi connectivity index (χ4v) is 4.56. The van der Waals surface area contributed by atoms with Crippen LogP contribution < -0.4 is 30.4 Å². The van der Waals surface area contributed by atoms with Gasteiger partial charge in [0.15, 0.2) is 23.0 Å². The zero-order valence-corrected chi connectivity index (χ0v) is 18.5. The van der Waals surface area contributed by atoms with E-state index in [1.165, 1.54) is 0 Å². The van der Waals surface area contributed by atoms with Crippen molar-refractivity contribution in [1.29, 1.82) is 0 Å². The van der Waals surface area contributed by atoms with Gasteiger partial charge in [0, 0.05) is 13.1 Å². The van der Waals surface area contributed by atoms with Crippen molar-refractivity contribution in [3.8, 4) is 56.4 Å². The van der Waals surface area contributed by atoms with Gasteiger partial charge < -0.3 is 30.4 Å². The zero-order chi connectivity index (χ0) is 23.1. The summed E-state index contributed by atoms with van der Waals surface area (Å²) in [7, 11) is 0. The summed E-state index contributed by atoms with van der Waals surface area (Å²) < 4.78 is 21.9. The number of hydrogen-bond donors (Lipinski definition) is 2. The van der Waals surface area contributed by atoms with E-state index in [0.717, 1.165) is 67.5 Å². The predicted octanol–water partition coefficient (Wildman–Crippen LogP) is 5.06. The molecule has 0 amide bonds. The van der Waals surface area contributed by atoms with Crippen LogP contribution in [0.4, 0.5) is 0 Å². The largest absolute Gasteiger partial charge is 0.454 e. The van der Waals surface area contributed by atoms with Gasteiger partial charge in [-0.3, -0.25) is 0 Å². The van der Waals surface area contributed by atoms with Crippen LogP contribution in [0.25, 0.3) is 33.4 Å². The van der Waals surface area contributed by atoms with E-state index in [1.807, 2.05) is 36.4 Å². The van der Waals surface area contributed by atoms with Crippen molar-refractivity contribution < 1.29 is 18.9 Å². The summed E-state index contributed by atoms with van der Waals surface area (Å²) in [4.78, 5) is 0. The Labute approximate surface area is 197 Å². The highest BCUT2D eigenvalue weighted by molar-refractivity contribution is 5.79. The van der Waals surface area contributed by atoms with Crippen LogP contribution in [0.5, 0.6) is 23.0 Å². The van der Waals surface area contributed by atoms with Gasteiger partial charge in [0.05, 0.1) is 0 Å². The summed E-state index contributed by atoms with van der Waals surface area (Å²) in [5, 5.41) is 0. The molecule has 0 radical (unpaired) electrons. The lowest BCUT2D eigenvalue weighted by molar-refractivity contribution is 0.173. The minimum atomic E-state index is 0.260. The molecule has 4 N–H and O–H groups in total. The van der Waals surface area contributed by atoms with Crippen molar-refractivity contribution in [2.75, 3.05) is 13.6 Å². The predicted molar refractivity (Wildman–Crippen MR) is 131 cm³/mol. The fraction of sp³-hybridized carbons (Fsp3) is 0.143. The Bertz CT molecular complexity index is 1290. The number of nitrogens with two attached hydrogens (primary N) is 2. The van der Waals surface area contributed by atoms with Gasteiger partial charge in [0.25, 0.3) is 0 Å². The highest BCUT2D eigenvalue weighted by atomic mass is 16.7. The van der Waals surface area contributed by atoms with Crippen molar-refractivity contribution in [3.05, 3.63) is 83.9 Å². The van der Waals surface area contributed by atoms with Crippen LogP contribution in [-0.2, 0) is 13.1 Å². The Hall–Kier alpha value is -4.00. The van der Waals surface area contributed by atoms with Crippen molar-refractivity contribution in [1.82, 2.24) is 0 Å². The molecule has 0 saturated heterocycles. The quantitative estimate of drug-likeness (QED) is 0.440. The summed E-state index contributed by atoms with van der Waals surface area (Å²) in [6, 6.07) is 24.7. The maximum absolute atomic E-state index is 6.19. The molecule has 0 aliphatic carbocycles. The third-order valence-corrected chi connectivity index (χ3v) is 6.35. The number of fused-ring (bicyclic) bond motifs is 2.